The number of methoxy groups -OCH3 is 1. The van der Waals surface area contributed by atoms with Gasteiger partial charge in [-0.2, -0.15) is 0 Å². The minimum absolute atomic E-state index is 0.00667. The van der Waals surface area contributed by atoms with Gasteiger partial charge < -0.3 is 28.7 Å². The van der Waals surface area contributed by atoms with Gasteiger partial charge in [0.2, 0.25) is 5.91 Å². The molecule has 1 fully saturated rings. The maximum Gasteiger partial charge on any atom is 0.284 e. The van der Waals surface area contributed by atoms with Crippen LogP contribution in [0.1, 0.15) is 10.4 Å². The number of carbonyl (C=O) groups excluding carboxylic acids is 2. The first-order valence-electron chi connectivity index (χ1n) is 11.7. The smallest absolute Gasteiger partial charge is 0.284 e. The average molecular weight is 520 g/mol. The zero-order valence-corrected chi connectivity index (χ0v) is 20.9. The van der Waals surface area contributed by atoms with E-state index in [1.54, 1.807) is 25.3 Å². The standard InChI is InChI=1S/C26H25N5O5S/c1-34-21-5-2-4-18(16-21)25(33)31-13-11-30(12-14-31)20-9-7-19(8-10-20)27-23(32)17-37-26-29-28-24(36-26)22-6-3-15-35-22/h2-10,15-16H,11-14,17H2,1H3,(H,27,32). The number of ether oxygens (including phenoxy) is 1. The van der Waals surface area contributed by atoms with Crippen LogP contribution in [0.5, 0.6) is 5.75 Å². The van der Waals surface area contributed by atoms with Gasteiger partial charge in [-0.3, -0.25) is 9.59 Å². The van der Waals surface area contributed by atoms with Gasteiger partial charge in [0, 0.05) is 43.1 Å². The van der Waals surface area contributed by atoms with Gasteiger partial charge in [-0.05, 0) is 54.6 Å². The summed E-state index contributed by atoms with van der Waals surface area (Å²) in [6.45, 7) is 2.70. The summed E-state index contributed by atoms with van der Waals surface area (Å²) in [7, 11) is 1.59. The minimum atomic E-state index is -0.180. The number of nitrogens with zero attached hydrogens (tertiary/aromatic N) is 4. The Bertz CT molecular complexity index is 1350. The van der Waals surface area contributed by atoms with Crippen LogP contribution in [0.4, 0.5) is 11.4 Å². The summed E-state index contributed by atoms with van der Waals surface area (Å²) < 4.78 is 16.0. The highest BCUT2D eigenvalue weighted by atomic mass is 32.2. The SMILES string of the molecule is COc1cccc(C(=O)N2CCN(c3ccc(NC(=O)CSc4nnc(-c5ccco5)o4)cc3)CC2)c1. The van der Waals surface area contributed by atoms with Crippen molar-refractivity contribution in [2.24, 2.45) is 0 Å². The quantitative estimate of drug-likeness (QED) is 0.345. The molecule has 2 aromatic carbocycles. The fourth-order valence-corrected chi connectivity index (χ4v) is 4.52. The van der Waals surface area contributed by atoms with Crippen LogP contribution < -0.4 is 15.0 Å². The maximum atomic E-state index is 12.8. The molecule has 10 nitrogen and oxygen atoms in total. The van der Waals surface area contributed by atoms with Gasteiger partial charge in [0.25, 0.3) is 17.0 Å². The lowest BCUT2D eigenvalue weighted by atomic mass is 10.1. The predicted molar refractivity (Wildman–Crippen MR) is 139 cm³/mol. The van der Waals surface area contributed by atoms with Crippen molar-refractivity contribution in [3.8, 4) is 17.4 Å². The Morgan fingerprint density at radius 1 is 1.03 bits per heavy atom. The first kappa shape index (κ1) is 24.4. The number of hydrogen-bond donors (Lipinski definition) is 1. The number of nitrogens with one attached hydrogen (secondary N) is 1. The zero-order valence-electron chi connectivity index (χ0n) is 20.1. The second-order valence-corrected chi connectivity index (χ2v) is 9.17. The van der Waals surface area contributed by atoms with E-state index in [4.69, 9.17) is 13.6 Å². The Balaban J connectivity index is 1.09. The summed E-state index contributed by atoms with van der Waals surface area (Å²) in [5.41, 5.74) is 2.36. The zero-order chi connectivity index (χ0) is 25.6. The van der Waals surface area contributed by atoms with Crippen LogP contribution in [-0.4, -0.2) is 66.0 Å². The highest BCUT2D eigenvalue weighted by Crippen LogP contribution is 2.24. The van der Waals surface area contributed by atoms with Crippen molar-refractivity contribution in [3.63, 3.8) is 0 Å². The molecule has 1 N–H and O–H groups in total. The maximum absolute atomic E-state index is 12.8. The number of hydrogen-bond acceptors (Lipinski definition) is 9. The molecule has 1 aliphatic heterocycles. The van der Waals surface area contributed by atoms with Crippen molar-refractivity contribution in [2.75, 3.05) is 49.3 Å². The largest absolute Gasteiger partial charge is 0.497 e. The Morgan fingerprint density at radius 2 is 1.84 bits per heavy atom. The number of anilines is 2. The van der Waals surface area contributed by atoms with Gasteiger partial charge >= 0.3 is 0 Å². The molecular weight excluding hydrogens is 494 g/mol. The fraction of sp³-hybridized carbons (Fsp3) is 0.231. The molecular formula is C26H25N5O5S. The molecule has 190 valence electrons. The minimum Gasteiger partial charge on any atom is -0.497 e. The van der Waals surface area contributed by atoms with Crippen LogP contribution in [-0.2, 0) is 4.79 Å². The van der Waals surface area contributed by atoms with Crippen molar-refractivity contribution in [1.82, 2.24) is 15.1 Å². The molecule has 0 unspecified atom stereocenters. The molecule has 0 saturated carbocycles. The molecule has 11 heteroatoms. The molecule has 1 saturated heterocycles. The summed E-state index contributed by atoms with van der Waals surface area (Å²) in [5, 5.41) is 11.0. The van der Waals surface area contributed by atoms with E-state index in [0.717, 1.165) is 30.5 Å². The topological polar surface area (TPSA) is 114 Å². The number of aromatic nitrogens is 2. The third-order valence-corrected chi connectivity index (χ3v) is 6.68. The summed E-state index contributed by atoms with van der Waals surface area (Å²) in [5.74, 6) is 1.38. The lowest BCUT2D eigenvalue weighted by Crippen LogP contribution is -2.48. The highest BCUT2D eigenvalue weighted by molar-refractivity contribution is 7.99. The fourth-order valence-electron chi connectivity index (χ4n) is 3.95. The van der Waals surface area contributed by atoms with Gasteiger partial charge in [0.1, 0.15) is 5.75 Å². The molecule has 0 radical (unpaired) electrons. The number of furan rings is 1. The van der Waals surface area contributed by atoms with E-state index in [0.29, 0.717) is 41.1 Å². The summed E-state index contributed by atoms with van der Waals surface area (Å²) in [6, 6.07) is 18.3. The number of piperazine rings is 1. The molecule has 2 amide bonds. The molecule has 1 aliphatic rings. The lowest BCUT2D eigenvalue weighted by Gasteiger charge is -2.36. The number of amides is 2. The van der Waals surface area contributed by atoms with Crippen LogP contribution in [0.3, 0.4) is 0 Å². The van der Waals surface area contributed by atoms with Crippen LogP contribution >= 0.6 is 11.8 Å². The van der Waals surface area contributed by atoms with E-state index in [-0.39, 0.29) is 23.5 Å². The van der Waals surface area contributed by atoms with Gasteiger partial charge in [-0.1, -0.05) is 17.8 Å². The third kappa shape index (κ3) is 5.95. The van der Waals surface area contributed by atoms with Crippen LogP contribution in [0.25, 0.3) is 11.7 Å². The Kier molecular flexibility index (Phi) is 7.41. The van der Waals surface area contributed by atoms with Crippen molar-refractivity contribution in [1.29, 1.82) is 0 Å². The Morgan fingerprint density at radius 3 is 2.57 bits per heavy atom. The van der Waals surface area contributed by atoms with Gasteiger partial charge in [0.05, 0.1) is 19.1 Å². The average Bonchev–Trinajstić information content (AvgIpc) is 3.65. The summed E-state index contributed by atoms with van der Waals surface area (Å²) >= 11 is 1.15. The second kappa shape index (κ2) is 11.2. The van der Waals surface area contributed by atoms with E-state index < -0.39 is 0 Å². The third-order valence-electron chi connectivity index (χ3n) is 5.86. The summed E-state index contributed by atoms with van der Waals surface area (Å²) in [6.07, 6.45) is 1.52. The predicted octanol–water partition coefficient (Wildman–Crippen LogP) is 4.03. The molecule has 5 rings (SSSR count). The molecule has 2 aromatic heterocycles. The first-order chi connectivity index (χ1) is 18.1. The van der Waals surface area contributed by atoms with Crippen molar-refractivity contribution in [3.05, 3.63) is 72.5 Å². The number of thioether (sulfide) groups is 1. The van der Waals surface area contributed by atoms with Crippen LogP contribution in [0, 0.1) is 0 Å². The lowest BCUT2D eigenvalue weighted by molar-refractivity contribution is -0.113. The van der Waals surface area contributed by atoms with Gasteiger partial charge in [-0.25, -0.2) is 0 Å². The normalized spacial score (nSPS) is 13.4. The Hall–Kier alpha value is -4.25. The molecule has 0 aliphatic carbocycles. The molecule has 0 spiro atoms. The monoisotopic (exact) mass is 519 g/mol. The molecule has 37 heavy (non-hydrogen) atoms. The first-order valence-corrected chi connectivity index (χ1v) is 12.7. The van der Waals surface area contributed by atoms with Crippen LogP contribution in [0.2, 0.25) is 0 Å². The summed E-state index contributed by atoms with van der Waals surface area (Å²) in [4.78, 5) is 29.3. The number of rotatable bonds is 8. The van der Waals surface area contributed by atoms with Gasteiger partial charge in [0.15, 0.2) is 5.76 Å². The van der Waals surface area contributed by atoms with Crippen molar-refractivity contribution < 1.29 is 23.2 Å². The second-order valence-electron chi connectivity index (χ2n) is 8.25. The van der Waals surface area contributed by atoms with E-state index in [1.165, 1.54) is 6.26 Å². The van der Waals surface area contributed by atoms with E-state index in [9.17, 15) is 9.59 Å². The van der Waals surface area contributed by atoms with Crippen LogP contribution in [0.15, 0.2) is 81.0 Å². The highest BCUT2D eigenvalue weighted by Gasteiger charge is 2.22. The van der Waals surface area contributed by atoms with Crippen molar-refractivity contribution >= 4 is 35.0 Å². The van der Waals surface area contributed by atoms with Crippen molar-refractivity contribution in [2.45, 2.75) is 5.22 Å². The molecule has 0 bridgehead atoms. The van der Waals surface area contributed by atoms with E-state index in [1.807, 2.05) is 47.4 Å². The molecule has 3 heterocycles. The van der Waals surface area contributed by atoms with E-state index >= 15 is 0 Å². The number of carbonyl (C=O) groups is 2. The molecule has 0 atom stereocenters. The molecule has 4 aromatic rings. The van der Waals surface area contributed by atoms with E-state index in [2.05, 4.69) is 20.4 Å². The number of benzene rings is 2. The van der Waals surface area contributed by atoms with Gasteiger partial charge in [-0.15, -0.1) is 10.2 Å². The Labute approximate surface area is 217 Å².